The van der Waals surface area contributed by atoms with Crippen molar-refractivity contribution in [3.8, 4) is 0 Å². The van der Waals surface area contributed by atoms with Crippen molar-refractivity contribution in [2.75, 3.05) is 10.7 Å². The number of carbonyl (C=O) groups is 1. The van der Waals surface area contributed by atoms with E-state index in [0.717, 1.165) is 21.3 Å². The maximum atomic E-state index is 13.3. The van der Waals surface area contributed by atoms with E-state index in [1.807, 2.05) is 31.2 Å². The molecule has 0 bridgehead atoms. The van der Waals surface area contributed by atoms with Crippen LogP contribution >= 0.6 is 22.9 Å². The number of hydrogen-bond donors (Lipinski definition) is 0. The Morgan fingerprint density at radius 2 is 1.79 bits per heavy atom. The zero-order valence-electron chi connectivity index (χ0n) is 17.9. The lowest BCUT2D eigenvalue weighted by Crippen LogP contribution is -2.30. The molecule has 0 unspecified atom stereocenters. The molecule has 0 aliphatic rings. The van der Waals surface area contributed by atoms with E-state index in [9.17, 15) is 13.2 Å². The van der Waals surface area contributed by atoms with Gasteiger partial charge in [0.25, 0.3) is 0 Å². The van der Waals surface area contributed by atoms with Crippen molar-refractivity contribution < 1.29 is 13.2 Å². The summed E-state index contributed by atoms with van der Waals surface area (Å²) in [5.74, 6) is -0.292. The van der Waals surface area contributed by atoms with E-state index in [-0.39, 0.29) is 29.4 Å². The fraction of sp³-hybridized carbons (Fsp3) is 0.208. The lowest BCUT2D eigenvalue weighted by molar-refractivity contribution is -0.118. The van der Waals surface area contributed by atoms with Crippen molar-refractivity contribution in [2.24, 2.45) is 0 Å². The number of aromatic nitrogens is 2. The predicted molar refractivity (Wildman–Crippen MR) is 133 cm³/mol. The molecule has 0 N–H and O–H groups in total. The number of pyridine rings is 1. The van der Waals surface area contributed by atoms with Crippen LogP contribution in [-0.2, 0) is 21.2 Å². The van der Waals surface area contributed by atoms with Gasteiger partial charge in [0.2, 0.25) is 5.91 Å². The van der Waals surface area contributed by atoms with Gasteiger partial charge in [-0.2, -0.15) is 0 Å². The van der Waals surface area contributed by atoms with E-state index in [1.165, 1.54) is 11.3 Å². The molecule has 2 aromatic heterocycles. The van der Waals surface area contributed by atoms with Gasteiger partial charge in [-0.1, -0.05) is 47.2 Å². The summed E-state index contributed by atoms with van der Waals surface area (Å²) in [6.45, 7) is 2.26. The van der Waals surface area contributed by atoms with Crippen molar-refractivity contribution in [1.29, 1.82) is 0 Å². The highest BCUT2D eigenvalue weighted by atomic mass is 35.5. The van der Waals surface area contributed by atoms with Crippen molar-refractivity contribution in [3.63, 3.8) is 0 Å². The first kappa shape index (κ1) is 23.4. The summed E-state index contributed by atoms with van der Waals surface area (Å²) in [5.41, 5.74) is 2.64. The number of halogens is 1. The molecular formula is C24H22ClN3O3S2. The minimum Gasteiger partial charge on any atom is -0.284 e. The number of aryl methyl sites for hydroxylation is 1. The number of nitrogens with zero attached hydrogens (tertiary/aromatic N) is 3. The Morgan fingerprint density at radius 3 is 2.48 bits per heavy atom. The number of thiazole rings is 1. The van der Waals surface area contributed by atoms with Crippen LogP contribution in [0.15, 0.2) is 71.9 Å². The van der Waals surface area contributed by atoms with Gasteiger partial charge < -0.3 is 0 Å². The Labute approximate surface area is 201 Å². The Morgan fingerprint density at radius 1 is 1.06 bits per heavy atom. The van der Waals surface area contributed by atoms with Gasteiger partial charge in [-0.25, -0.2) is 13.4 Å². The molecule has 0 aliphatic carbocycles. The molecule has 2 aromatic carbocycles. The maximum Gasteiger partial charge on any atom is 0.229 e. The molecule has 4 aromatic rings. The lowest BCUT2D eigenvalue weighted by Gasteiger charge is -2.20. The van der Waals surface area contributed by atoms with Crippen molar-refractivity contribution in [3.05, 3.63) is 83.1 Å². The van der Waals surface area contributed by atoms with Crippen LogP contribution in [-0.4, -0.2) is 30.0 Å². The fourth-order valence-electron chi connectivity index (χ4n) is 3.43. The van der Waals surface area contributed by atoms with Gasteiger partial charge in [0.1, 0.15) is 0 Å². The Hall–Kier alpha value is -2.81. The third-order valence-corrected chi connectivity index (χ3v) is 8.57. The van der Waals surface area contributed by atoms with Gasteiger partial charge in [0.05, 0.1) is 32.4 Å². The van der Waals surface area contributed by atoms with Crippen LogP contribution in [0, 0.1) is 6.92 Å². The molecule has 1 amide bonds. The van der Waals surface area contributed by atoms with Crippen LogP contribution < -0.4 is 4.90 Å². The predicted octanol–water partition coefficient (Wildman–Crippen LogP) is 5.44. The molecule has 6 nitrogen and oxygen atoms in total. The average Bonchev–Trinajstić information content (AvgIpc) is 3.27. The van der Waals surface area contributed by atoms with E-state index < -0.39 is 9.84 Å². The monoisotopic (exact) mass is 499 g/mol. The van der Waals surface area contributed by atoms with Crippen LogP contribution in [0.4, 0.5) is 5.13 Å². The van der Waals surface area contributed by atoms with E-state index in [2.05, 4.69) is 4.98 Å². The maximum absolute atomic E-state index is 13.3. The topological polar surface area (TPSA) is 80.2 Å². The van der Waals surface area contributed by atoms with Crippen molar-refractivity contribution in [1.82, 2.24) is 9.97 Å². The SMILES string of the molecule is Cc1ccc(Cl)c2sc(N(Cc3ccncc3)C(=O)CCCS(=O)(=O)c3ccccc3)nc12. The molecule has 2 heterocycles. The molecule has 0 fully saturated rings. The van der Waals surface area contributed by atoms with E-state index in [4.69, 9.17) is 16.6 Å². The number of carbonyl (C=O) groups excluding carboxylic acids is 1. The van der Waals surface area contributed by atoms with E-state index in [1.54, 1.807) is 47.6 Å². The Balaban J connectivity index is 1.57. The average molecular weight is 500 g/mol. The Kier molecular flexibility index (Phi) is 7.07. The third kappa shape index (κ3) is 5.40. The minimum atomic E-state index is -3.45. The second kappa shape index (κ2) is 9.99. The number of rotatable bonds is 8. The highest BCUT2D eigenvalue weighted by Gasteiger charge is 2.23. The van der Waals surface area contributed by atoms with Crippen LogP contribution in [0.2, 0.25) is 5.02 Å². The molecule has 0 spiro atoms. The first-order valence-corrected chi connectivity index (χ1v) is 13.2. The van der Waals surface area contributed by atoms with Gasteiger partial charge in [-0.15, -0.1) is 0 Å². The number of sulfone groups is 1. The molecule has 170 valence electrons. The highest BCUT2D eigenvalue weighted by Crippen LogP contribution is 2.36. The summed E-state index contributed by atoms with van der Waals surface area (Å²) >= 11 is 7.73. The summed E-state index contributed by atoms with van der Waals surface area (Å²) in [5, 5.41) is 1.12. The van der Waals surface area contributed by atoms with Crippen molar-refractivity contribution in [2.45, 2.75) is 31.2 Å². The molecule has 0 saturated heterocycles. The number of anilines is 1. The lowest BCUT2D eigenvalue weighted by atomic mass is 10.2. The van der Waals surface area contributed by atoms with Crippen LogP contribution in [0.25, 0.3) is 10.2 Å². The molecular weight excluding hydrogens is 478 g/mol. The molecule has 9 heteroatoms. The van der Waals surface area contributed by atoms with E-state index in [0.29, 0.717) is 16.7 Å². The first-order valence-electron chi connectivity index (χ1n) is 10.4. The summed E-state index contributed by atoms with van der Waals surface area (Å²) in [6.07, 6.45) is 3.64. The van der Waals surface area contributed by atoms with Gasteiger partial charge in [-0.3, -0.25) is 14.7 Å². The molecule has 0 aliphatic heterocycles. The zero-order chi connectivity index (χ0) is 23.4. The molecule has 0 atom stereocenters. The fourth-order valence-corrected chi connectivity index (χ4v) is 6.10. The van der Waals surface area contributed by atoms with Gasteiger partial charge in [0.15, 0.2) is 15.0 Å². The molecule has 4 rings (SSSR count). The van der Waals surface area contributed by atoms with Gasteiger partial charge in [0, 0.05) is 18.8 Å². The third-order valence-electron chi connectivity index (χ3n) is 5.21. The van der Waals surface area contributed by atoms with Crippen LogP contribution in [0.3, 0.4) is 0 Å². The zero-order valence-corrected chi connectivity index (χ0v) is 20.3. The largest absolute Gasteiger partial charge is 0.284 e. The number of amides is 1. The minimum absolute atomic E-state index is 0.0831. The van der Waals surface area contributed by atoms with Crippen LogP contribution in [0.5, 0.6) is 0 Å². The summed E-state index contributed by atoms with van der Waals surface area (Å²) in [4.78, 5) is 23.9. The first-order chi connectivity index (χ1) is 15.8. The van der Waals surface area contributed by atoms with Gasteiger partial charge >= 0.3 is 0 Å². The van der Waals surface area contributed by atoms with Crippen molar-refractivity contribution >= 4 is 54.0 Å². The smallest absolute Gasteiger partial charge is 0.229 e. The quantitative estimate of drug-likeness (QED) is 0.322. The normalized spacial score (nSPS) is 11.6. The Bertz CT molecular complexity index is 1340. The molecule has 0 radical (unpaired) electrons. The standard InChI is InChI=1S/C24H22ClN3O3S2/c1-17-9-10-20(25)23-22(17)27-24(32-23)28(16-18-11-13-26-14-12-18)21(29)8-5-15-33(30,31)19-6-3-2-4-7-19/h2-4,6-7,9-14H,5,8,15-16H2,1H3. The van der Waals surface area contributed by atoms with E-state index >= 15 is 0 Å². The van der Waals surface area contributed by atoms with Crippen LogP contribution in [0.1, 0.15) is 24.0 Å². The molecule has 0 saturated carbocycles. The summed E-state index contributed by atoms with van der Waals surface area (Å²) in [7, 11) is -3.45. The number of benzene rings is 2. The second-order valence-electron chi connectivity index (χ2n) is 7.61. The van der Waals surface area contributed by atoms with Gasteiger partial charge in [-0.05, 0) is 54.8 Å². The number of fused-ring (bicyclic) bond motifs is 1. The molecule has 33 heavy (non-hydrogen) atoms. The number of hydrogen-bond acceptors (Lipinski definition) is 6. The second-order valence-corrected chi connectivity index (χ2v) is 11.1. The highest BCUT2D eigenvalue weighted by molar-refractivity contribution is 7.91. The summed E-state index contributed by atoms with van der Waals surface area (Å²) in [6, 6.07) is 15.7. The summed E-state index contributed by atoms with van der Waals surface area (Å²) < 4.78 is 26.0.